The number of carbonyl (C=O) groups is 1. The lowest BCUT2D eigenvalue weighted by Crippen LogP contribution is -2.33. The van der Waals surface area contributed by atoms with E-state index in [4.69, 9.17) is 4.74 Å². The number of nitrogens with zero attached hydrogens (tertiary/aromatic N) is 2. The first-order valence-electron chi connectivity index (χ1n) is 7.29. The highest BCUT2D eigenvalue weighted by atomic mass is 19.1. The number of hydrazone groups is 1. The number of carbonyl (C=O) groups excluding carboxylic acids is 1. The van der Waals surface area contributed by atoms with Crippen LogP contribution in [0.1, 0.15) is 31.4 Å². The third kappa shape index (κ3) is 2.24. The Balaban J connectivity index is 2.22. The van der Waals surface area contributed by atoms with Crippen molar-refractivity contribution in [2.75, 3.05) is 11.6 Å². The first-order chi connectivity index (χ1) is 10.5. The van der Waals surface area contributed by atoms with Crippen LogP contribution in [0.25, 0.3) is 5.76 Å². The second-order valence-corrected chi connectivity index (χ2v) is 5.42. The van der Waals surface area contributed by atoms with Crippen LogP contribution in [0, 0.1) is 5.82 Å². The summed E-state index contributed by atoms with van der Waals surface area (Å²) in [6.45, 7) is 3.86. The van der Waals surface area contributed by atoms with Gasteiger partial charge in [-0.15, -0.1) is 0 Å². The van der Waals surface area contributed by atoms with Crippen molar-refractivity contribution >= 4 is 23.6 Å². The molecular weight excluding hydrogens is 287 g/mol. The number of esters is 1. The summed E-state index contributed by atoms with van der Waals surface area (Å²) in [6.07, 6.45) is 2.81. The molecule has 0 fully saturated rings. The molecule has 0 spiro atoms. The van der Waals surface area contributed by atoms with Gasteiger partial charge >= 0.3 is 5.97 Å². The van der Waals surface area contributed by atoms with Gasteiger partial charge in [0.25, 0.3) is 0 Å². The number of anilines is 1. The van der Waals surface area contributed by atoms with Crippen LogP contribution in [0.3, 0.4) is 0 Å². The number of hydrogen-bond donors (Lipinski definition) is 1. The molecule has 1 atom stereocenters. The standard InChI is InChI=1S/C16H17FN2O3/c1-3-22-16(21)13-8-18-19-9(2)4-5-10-6-11(17)7-12(14(10)19)15(13)20/h6-9,20H,3-5H2,1-2H3. The van der Waals surface area contributed by atoms with Gasteiger partial charge in [0, 0.05) is 5.56 Å². The van der Waals surface area contributed by atoms with Gasteiger partial charge in [0.05, 0.1) is 24.6 Å². The minimum absolute atomic E-state index is 0.0590. The average molecular weight is 304 g/mol. The van der Waals surface area contributed by atoms with Gasteiger partial charge < -0.3 is 9.84 Å². The minimum atomic E-state index is -0.672. The molecule has 2 heterocycles. The topological polar surface area (TPSA) is 62.1 Å². The summed E-state index contributed by atoms with van der Waals surface area (Å²) in [5, 5.41) is 16.5. The molecule has 22 heavy (non-hydrogen) atoms. The first kappa shape index (κ1) is 14.6. The minimum Gasteiger partial charge on any atom is -0.506 e. The highest BCUT2D eigenvalue weighted by Gasteiger charge is 2.31. The molecule has 0 amide bonds. The molecule has 1 N–H and O–H groups in total. The molecule has 1 aromatic rings. The molecule has 1 aromatic carbocycles. The third-order valence-electron chi connectivity index (χ3n) is 3.95. The second-order valence-electron chi connectivity index (χ2n) is 5.42. The maximum Gasteiger partial charge on any atom is 0.343 e. The van der Waals surface area contributed by atoms with Crippen molar-refractivity contribution in [3.63, 3.8) is 0 Å². The van der Waals surface area contributed by atoms with Crippen molar-refractivity contribution in [1.29, 1.82) is 0 Å². The lowest BCUT2D eigenvalue weighted by Gasteiger charge is -2.33. The molecule has 0 saturated carbocycles. The zero-order valence-corrected chi connectivity index (χ0v) is 12.5. The van der Waals surface area contributed by atoms with E-state index in [1.54, 1.807) is 11.9 Å². The molecular formula is C16H17FN2O3. The maximum atomic E-state index is 13.9. The summed E-state index contributed by atoms with van der Waals surface area (Å²) in [6, 6.07) is 2.78. The molecule has 2 aliphatic rings. The van der Waals surface area contributed by atoms with Crippen LogP contribution < -0.4 is 5.01 Å². The second kappa shape index (κ2) is 5.44. The Morgan fingerprint density at radius 2 is 2.32 bits per heavy atom. The van der Waals surface area contributed by atoms with Crippen LogP contribution in [0.2, 0.25) is 0 Å². The summed E-state index contributed by atoms with van der Waals surface area (Å²) >= 11 is 0. The largest absolute Gasteiger partial charge is 0.506 e. The van der Waals surface area contributed by atoms with Gasteiger partial charge in [0.15, 0.2) is 0 Å². The fourth-order valence-electron chi connectivity index (χ4n) is 2.86. The van der Waals surface area contributed by atoms with Crippen molar-refractivity contribution in [3.05, 3.63) is 34.6 Å². The number of aliphatic hydroxyl groups is 1. The van der Waals surface area contributed by atoms with Crippen LogP contribution in [-0.4, -0.2) is 29.9 Å². The Hall–Kier alpha value is -2.37. The molecule has 1 unspecified atom stereocenters. The van der Waals surface area contributed by atoms with E-state index in [-0.39, 0.29) is 29.5 Å². The zero-order valence-electron chi connectivity index (χ0n) is 12.5. The lowest BCUT2D eigenvalue weighted by atomic mass is 9.93. The Labute approximate surface area is 127 Å². The zero-order chi connectivity index (χ0) is 15.9. The number of rotatable bonds is 2. The first-order valence-corrected chi connectivity index (χ1v) is 7.29. The normalized spacial score (nSPS) is 19.8. The highest BCUT2D eigenvalue weighted by molar-refractivity contribution is 6.16. The molecule has 0 aliphatic carbocycles. The number of halogens is 1. The Morgan fingerprint density at radius 3 is 3.05 bits per heavy atom. The van der Waals surface area contributed by atoms with E-state index in [1.165, 1.54) is 18.3 Å². The number of benzene rings is 1. The number of aliphatic hydroxyl groups excluding tert-OH is 1. The molecule has 6 heteroatoms. The molecule has 5 nitrogen and oxygen atoms in total. The van der Waals surface area contributed by atoms with E-state index in [9.17, 15) is 14.3 Å². The SMILES string of the molecule is CCOC(=O)C1=C(O)c2cc(F)cc3c2N(N=C1)C(C)CC3. The summed E-state index contributed by atoms with van der Waals surface area (Å²) in [7, 11) is 0. The Morgan fingerprint density at radius 1 is 1.55 bits per heavy atom. The summed E-state index contributed by atoms with van der Waals surface area (Å²) in [5.74, 6) is -1.41. The van der Waals surface area contributed by atoms with E-state index < -0.39 is 11.8 Å². The van der Waals surface area contributed by atoms with Crippen LogP contribution in [0.5, 0.6) is 0 Å². The van der Waals surface area contributed by atoms with E-state index >= 15 is 0 Å². The molecule has 0 radical (unpaired) electrons. The van der Waals surface area contributed by atoms with E-state index in [0.29, 0.717) is 12.1 Å². The number of hydrogen-bond acceptors (Lipinski definition) is 5. The summed E-state index contributed by atoms with van der Waals surface area (Å²) in [5.41, 5.74) is 1.66. The van der Waals surface area contributed by atoms with Gasteiger partial charge in [-0.2, -0.15) is 5.10 Å². The van der Waals surface area contributed by atoms with Crippen molar-refractivity contribution in [3.8, 4) is 0 Å². The third-order valence-corrected chi connectivity index (χ3v) is 3.95. The predicted molar refractivity (Wildman–Crippen MR) is 81.3 cm³/mol. The van der Waals surface area contributed by atoms with Crippen LogP contribution >= 0.6 is 0 Å². The molecule has 3 rings (SSSR count). The van der Waals surface area contributed by atoms with Gasteiger partial charge in [0.2, 0.25) is 0 Å². The summed E-state index contributed by atoms with van der Waals surface area (Å²) in [4.78, 5) is 12.0. The monoisotopic (exact) mass is 304 g/mol. The van der Waals surface area contributed by atoms with Crippen LogP contribution in [-0.2, 0) is 16.0 Å². The van der Waals surface area contributed by atoms with Crippen molar-refractivity contribution in [2.45, 2.75) is 32.7 Å². The smallest absolute Gasteiger partial charge is 0.343 e. The number of aryl methyl sites for hydroxylation is 1. The Bertz CT molecular complexity index is 697. The highest BCUT2D eigenvalue weighted by Crippen LogP contribution is 2.39. The lowest BCUT2D eigenvalue weighted by molar-refractivity contribution is -0.137. The molecule has 0 bridgehead atoms. The van der Waals surface area contributed by atoms with E-state index in [1.807, 2.05) is 6.92 Å². The number of ether oxygens (including phenoxy) is 1. The molecule has 0 aromatic heterocycles. The van der Waals surface area contributed by atoms with Gasteiger partial charge in [-0.3, -0.25) is 5.01 Å². The Kier molecular flexibility index (Phi) is 3.60. The van der Waals surface area contributed by atoms with Crippen molar-refractivity contribution in [1.82, 2.24) is 0 Å². The summed E-state index contributed by atoms with van der Waals surface area (Å²) < 4.78 is 18.8. The van der Waals surface area contributed by atoms with Gasteiger partial charge in [-0.1, -0.05) is 0 Å². The molecule has 2 aliphatic heterocycles. The van der Waals surface area contributed by atoms with Crippen LogP contribution in [0.4, 0.5) is 10.1 Å². The fourth-order valence-corrected chi connectivity index (χ4v) is 2.86. The van der Waals surface area contributed by atoms with Crippen molar-refractivity contribution < 1.29 is 19.0 Å². The molecule has 116 valence electrons. The fraction of sp³-hybridized carbons (Fsp3) is 0.375. The van der Waals surface area contributed by atoms with Gasteiger partial charge in [-0.05, 0) is 44.4 Å². The quantitative estimate of drug-likeness (QED) is 0.853. The average Bonchev–Trinajstić information content (AvgIpc) is 2.62. The van der Waals surface area contributed by atoms with Gasteiger partial charge in [0.1, 0.15) is 17.1 Å². The van der Waals surface area contributed by atoms with E-state index in [0.717, 1.165) is 12.0 Å². The maximum absolute atomic E-state index is 13.9. The van der Waals surface area contributed by atoms with Crippen LogP contribution in [0.15, 0.2) is 22.8 Å². The predicted octanol–water partition coefficient (Wildman–Crippen LogP) is 2.80. The van der Waals surface area contributed by atoms with Gasteiger partial charge in [-0.25, -0.2) is 9.18 Å². The molecule has 0 saturated heterocycles. The van der Waals surface area contributed by atoms with Crippen molar-refractivity contribution in [2.24, 2.45) is 5.10 Å². The van der Waals surface area contributed by atoms with E-state index in [2.05, 4.69) is 5.10 Å².